The van der Waals surface area contributed by atoms with Gasteiger partial charge in [-0.1, -0.05) is 54.6 Å². The SMILES string of the molecule is Cc1c(CN2CCC[C@H](CNC(=O)c3cccc4ccccc34)C2)[nH]c2ccccc12. The number of aryl methyl sites for hydroxylation is 1. The zero-order chi connectivity index (χ0) is 21.2. The molecule has 158 valence electrons. The molecular formula is C27H29N3O. The molecule has 0 unspecified atom stereocenters. The third-order valence-electron chi connectivity index (χ3n) is 6.64. The van der Waals surface area contributed by atoms with Crippen molar-refractivity contribution < 1.29 is 4.79 Å². The minimum absolute atomic E-state index is 0.0281. The van der Waals surface area contributed by atoms with Gasteiger partial charge in [-0.05, 0) is 60.7 Å². The van der Waals surface area contributed by atoms with Crippen LogP contribution in [0.1, 0.15) is 34.5 Å². The fourth-order valence-corrected chi connectivity index (χ4v) is 4.94. The highest BCUT2D eigenvalue weighted by Gasteiger charge is 2.22. The number of nitrogens with one attached hydrogen (secondary N) is 2. The van der Waals surface area contributed by atoms with Gasteiger partial charge in [0.05, 0.1) is 0 Å². The van der Waals surface area contributed by atoms with Crippen LogP contribution >= 0.6 is 0 Å². The summed E-state index contributed by atoms with van der Waals surface area (Å²) in [5.74, 6) is 0.512. The van der Waals surface area contributed by atoms with Gasteiger partial charge in [0.1, 0.15) is 0 Å². The number of benzene rings is 3. The van der Waals surface area contributed by atoms with E-state index in [1.807, 2.05) is 30.3 Å². The summed E-state index contributed by atoms with van der Waals surface area (Å²) in [5, 5.41) is 6.64. The Labute approximate surface area is 183 Å². The summed E-state index contributed by atoms with van der Waals surface area (Å²) in [6.45, 7) is 6.01. The van der Waals surface area contributed by atoms with E-state index in [2.05, 4.69) is 58.5 Å². The highest BCUT2D eigenvalue weighted by molar-refractivity contribution is 6.07. The smallest absolute Gasteiger partial charge is 0.251 e. The number of piperidine rings is 1. The van der Waals surface area contributed by atoms with E-state index in [-0.39, 0.29) is 5.91 Å². The van der Waals surface area contributed by atoms with Crippen molar-refractivity contribution in [2.75, 3.05) is 19.6 Å². The van der Waals surface area contributed by atoms with Crippen LogP contribution in [0.15, 0.2) is 66.7 Å². The summed E-state index contributed by atoms with van der Waals surface area (Å²) in [6.07, 6.45) is 2.34. The van der Waals surface area contributed by atoms with E-state index in [1.165, 1.54) is 28.6 Å². The van der Waals surface area contributed by atoms with Crippen molar-refractivity contribution in [3.63, 3.8) is 0 Å². The molecule has 5 rings (SSSR count). The van der Waals surface area contributed by atoms with E-state index < -0.39 is 0 Å². The molecule has 4 aromatic rings. The first-order chi connectivity index (χ1) is 15.2. The molecular weight excluding hydrogens is 382 g/mol. The van der Waals surface area contributed by atoms with E-state index in [1.54, 1.807) is 0 Å². The molecule has 0 radical (unpaired) electrons. The number of likely N-dealkylation sites (tertiary alicyclic amines) is 1. The monoisotopic (exact) mass is 411 g/mol. The van der Waals surface area contributed by atoms with Gasteiger partial charge in [0.15, 0.2) is 0 Å². The quantitative estimate of drug-likeness (QED) is 0.470. The molecule has 2 heterocycles. The lowest BCUT2D eigenvalue weighted by Gasteiger charge is -2.32. The largest absolute Gasteiger partial charge is 0.357 e. The number of carbonyl (C=O) groups excluding carboxylic acids is 1. The Kier molecular flexibility index (Phi) is 5.47. The average molecular weight is 412 g/mol. The molecule has 1 amide bonds. The number of hydrogen-bond donors (Lipinski definition) is 2. The van der Waals surface area contributed by atoms with Crippen molar-refractivity contribution in [3.8, 4) is 0 Å². The normalized spacial score (nSPS) is 17.3. The van der Waals surface area contributed by atoms with E-state index in [0.29, 0.717) is 5.92 Å². The van der Waals surface area contributed by atoms with Crippen LogP contribution in [-0.4, -0.2) is 35.4 Å². The zero-order valence-electron chi connectivity index (χ0n) is 18.0. The molecule has 1 aliphatic heterocycles. The molecule has 3 aromatic carbocycles. The maximum atomic E-state index is 12.9. The van der Waals surface area contributed by atoms with Crippen LogP contribution in [0.4, 0.5) is 0 Å². The molecule has 4 nitrogen and oxygen atoms in total. The number of para-hydroxylation sites is 1. The third kappa shape index (κ3) is 4.08. The molecule has 0 aliphatic carbocycles. The summed E-state index contributed by atoms with van der Waals surface area (Å²) in [5.41, 5.74) is 4.63. The van der Waals surface area contributed by atoms with Crippen LogP contribution in [0, 0.1) is 12.8 Å². The van der Waals surface area contributed by atoms with Gasteiger partial charge in [-0.3, -0.25) is 9.69 Å². The molecule has 1 fully saturated rings. The van der Waals surface area contributed by atoms with Gasteiger partial charge >= 0.3 is 0 Å². The van der Waals surface area contributed by atoms with Crippen molar-refractivity contribution in [3.05, 3.63) is 83.6 Å². The molecule has 1 atom stereocenters. The minimum atomic E-state index is 0.0281. The molecule has 1 aromatic heterocycles. The first-order valence-electron chi connectivity index (χ1n) is 11.2. The maximum Gasteiger partial charge on any atom is 0.251 e. The summed E-state index contributed by atoms with van der Waals surface area (Å²) >= 11 is 0. The van der Waals surface area contributed by atoms with Gasteiger partial charge in [-0.2, -0.15) is 0 Å². The Balaban J connectivity index is 1.22. The van der Waals surface area contributed by atoms with Crippen LogP contribution in [0.3, 0.4) is 0 Å². The summed E-state index contributed by atoms with van der Waals surface area (Å²) in [6, 6.07) is 22.5. The number of rotatable bonds is 5. The average Bonchev–Trinajstić information content (AvgIpc) is 3.12. The lowest BCUT2D eigenvalue weighted by Crippen LogP contribution is -2.40. The number of hydrogen-bond acceptors (Lipinski definition) is 2. The second-order valence-corrected chi connectivity index (χ2v) is 8.75. The molecule has 1 saturated heterocycles. The second-order valence-electron chi connectivity index (χ2n) is 8.75. The van der Waals surface area contributed by atoms with Gasteiger partial charge < -0.3 is 10.3 Å². The molecule has 0 spiro atoms. The zero-order valence-corrected chi connectivity index (χ0v) is 18.0. The molecule has 0 bridgehead atoms. The van der Waals surface area contributed by atoms with E-state index in [0.717, 1.165) is 48.9 Å². The maximum absolute atomic E-state index is 12.9. The number of H-pyrrole nitrogens is 1. The van der Waals surface area contributed by atoms with Gasteiger partial charge in [-0.25, -0.2) is 0 Å². The van der Waals surface area contributed by atoms with Crippen LogP contribution in [0.2, 0.25) is 0 Å². The number of aromatic amines is 1. The summed E-state index contributed by atoms with van der Waals surface area (Å²) in [7, 11) is 0. The molecule has 31 heavy (non-hydrogen) atoms. The summed E-state index contributed by atoms with van der Waals surface area (Å²) in [4.78, 5) is 19.0. The van der Waals surface area contributed by atoms with Crippen molar-refractivity contribution in [1.82, 2.24) is 15.2 Å². The number of amides is 1. The van der Waals surface area contributed by atoms with Gasteiger partial charge in [0, 0.05) is 41.8 Å². The first kappa shape index (κ1) is 19.8. The minimum Gasteiger partial charge on any atom is -0.357 e. The van der Waals surface area contributed by atoms with Crippen molar-refractivity contribution in [1.29, 1.82) is 0 Å². The number of aromatic nitrogens is 1. The van der Waals surface area contributed by atoms with Crippen molar-refractivity contribution in [2.24, 2.45) is 5.92 Å². The molecule has 2 N–H and O–H groups in total. The second kappa shape index (κ2) is 8.56. The first-order valence-corrected chi connectivity index (χ1v) is 11.2. The standard InChI is InChI=1S/C27H29N3O/c1-19-22-11-4-5-14-25(22)29-26(19)18-30-15-7-8-20(17-30)16-28-27(31)24-13-6-10-21-9-2-3-12-23(21)24/h2-6,9-14,20,29H,7-8,15-18H2,1H3,(H,28,31)/t20-/m1/s1. The summed E-state index contributed by atoms with van der Waals surface area (Å²) < 4.78 is 0. The van der Waals surface area contributed by atoms with Gasteiger partial charge in [-0.15, -0.1) is 0 Å². The fraction of sp³-hybridized carbons (Fsp3) is 0.296. The van der Waals surface area contributed by atoms with E-state index >= 15 is 0 Å². The Bertz CT molecular complexity index is 1220. The van der Waals surface area contributed by atoms with Crippen molar-refractivity contribution >= 4 is 27.6 Å². The topological polar surface area (TPSA) is 48.1 Å². The van der Waals surface area contributed by atoms with Crippen LogP contribution in [0.25, 0.3) is 21.7 Å². The molecule has 0 saturated carbocycles. The Morgan fingerprint density at radius 2 is 1.81 bits per heavy atom. The predicted molar refractivity (Wildman–Crippen MR) is 127 cm³/mol. The predicted octanol–water partition coefficient (Wildman–Crippen LogP) is 5.27. The Hall–Kier alpha value is -3.11. The highest BCUT2D eigenvalue weighted by atomic mass is 16.1. The highest BCUT2D eigenvalue weighted by Crippen LogP contribution is 2.25. The molecule has 4 heteroatoms. The van der Waals surface area contributed by atoms with Gasteiger partial charge in [0.25, 0.3) is 5.91 Å². The number of nitrogens with zero attached hydrogens (tertiary/aromatic N) is 1. The fourth-order valence-electron chi connectivity index (χ4n) is 4.94. The Morgan fingerprint density at radius 3 is 2.68 bits per heavy atom. The number of carbonyl (C=O) groups is 1. The lowest BCUT2D eigenvalue weighted by molar-refractivity contribution is 0.0932. The third-order valence-corrected chi connectivity index (χ3v) is 6.64. The van der Waals surface area contributed by atoms with Crippen LogP contribution in [0.5, 0.6) is 0 Å². The molecule has 1 aliphatic rings. The van der Waals surface area contributed by atoms with Crippen molar-refractivity contribution in [2.45, 2.75) is 26.3 Å². The van der Waals surface area contributed by atoms with Crippen LogP contribution in [-0.2, 0) is 6.54 Å². The van der Waals surface area contributed by atoms with E-state index in [4.69, 9.17) is 0 Å². The van der Waals surface area contributed by atoms with E-state index in [9.17, 15) is 4.79 Å². The lowest BCUT2D eigenvalue weighted by atomic mass is 9.97. The van der Waals surface area contributed by atoms with Crippen LogP contribution < -0.4 is 5.32 Å². The van der Waals surface area contributed by atoms with Gasteiger partial charge in [0.2, 0.25) is 0 Å². The Morgan fingerprint density at radius 1 is 1.03 bits per heavy atom. The number of fused-ring (bicyclic) bond motifs is 2.